The summed E-state index contributed by atoms with van der Waals surface area (Å²) >= 11 is 0. The van der Waals surface area contributed by atoms with Crippen molar-refractivity contribution in [3.05, 3.63) is 24.3 Å². The van der Waals surface area contributed by atoms with Crippen LogP contribution in [0.25, 0.3) is 0 Å². The number of hydrogen-bond acceptors (Lipinski definition) is 7. The molecule has 0 aliphatic heterocycles. The Kier molecular flexibility index (Phi) is 13.3. The van der Waals surface area contributed by atoms with Crippen molar-refractivity contribution in [2.75, 3.05) is 71.8 Å². The number of carbonyl (C=O) groups excluding carboxylic acids is 1. The molecule has 1 aromatic rings. The second-order valence-electron chi connectivity index (χ2n) is 6.13. The standard InChI is InChI=1S/C20H33NO6/c1-17(2)20(22)16-26-13-12-24-9-8-23-10-11-25-14-15-27-19-6-4-18(21-3)5-7-19/h4-7,17,21H,8-16H2,1-3H3. The number of ether oxygens (including phenoxy) is 5. The molecule has 0 saturated carbocycles. The molecule has 0 bridgehead atoms. The van der Waals surface area contributed by atoms with E-state index in [9.17, 15) is 4.79 Å². The first kappa shape index (κ1) is 23.4. The predicted molar refractivity (Wildman–Crippen MR) is 105 cm³/mol. The average Bonchev–Trinajstić information content (AvgIpc) is 2.68. The summed E-state index contributed by atoms with van der Waals surface area (Å²) in [6, 6.07) is 7.76. The van der Waals surface area contributed by atoms with Crippen LogP contribution in [0.2, 0.25) is 0 Å². The summed E-state index contributed by atoms with van der Waals surface area (Å²) in [7, 11) is 1.88. The molecule has 1 N–H and O–H groups in total. The largest absolute Gasteiger partial charge is 0.491 e. The molecular formula is C20H33NO6. The lowest BCUT2D eigenvalue weighted by molar-refractivity contribution is -0.127. The second-order valence-corrected chi connectivity index (χ2v) is 6.13. The lowest BCUT2D eigenvalue weighted by atomic mass is 10.1. The highest BCUT2D eigenvalue weighted by Crippen LogP contribution is 2.14. The Bertz CT molecular complexity index is 492. The molecule has 0 radical (unpaired) electrons. The van der Waals surface area contributed by atoms with Gasteiger partial charge in [-0.1, -0.05) is 13.8 Å². The number of anilines is 1. The summed E-state index contributed by atoms with van der Waals surface area (Å²) in [6.07, 6.45) is 0. The van der Waals surface area contributed by atoms with E-state index < -0.39 is 0 Å². The van der Waals surface area contributed by atoms with Gasteiger partial charge in [-0.15, -0.1) is 0 Å². The van der Waals surface area contributed by atoms with Crippen LogP contribution in [-0.4, -0.2) is 72.3 Å². The van der Waals surface area contributed by atoms with Crippen LogP contribution in [0.4, 0.5) is 5.69 Å². The Morgan fingerprint density at radius 1 is 0.815 bits per heavy atom. The maximum Gasteiger partial charge on any atom is 0.160 e. The van der Waals surface area contributed by atoms with Gasteiger partial charge in [0.1, 0.15) is 19.0 Å². The second kappa shape index (κ2) is 15.4. The van der Waals surface area contributed by atoms with Crippen molar-refractivity contribution in [1.29, 1.82) is 0 Å². The van der Waals surface area contributed by atoms with Crippen molar-refractivity contribution < 1.29 is 28.5 Å². The summed E-state index contributed by atoms with van der Waals surface area (Å²) in [5.41, 5.74) is 1.05. The van der Waals surface area contributed by atoms with Gasteiger partial charge in [-0.3, -0.25) is 4.79 Å². The van der Waals surface area contributed by atoms with Crippen LogP contribution >= 0.6 is 0 Å². The highest BCUT2D eigenvalue weighted by molar-refractivity contribution is 5.81. The zero-order valence-corrected chi connectivity index (χ0v) is 16.7. The molecule has 7 heteroatoms. The van der Waals surface area contributed by atoms with Crippen LogP contribution in [0, 0.1) is 5.92 Å². The fourth-order valence-corrected chi connectivity index (χ4v) is 1.94. The molecule has 1 rings (SSSR count). The Labute approximate surface area is 162 Å². The molecule has 27 heavy (non-hydrogen) atoms. The van der Waals surface area contributed by atoms with Crippen molar-refractivity contribution >= 4 is 11.5 Å². The van der Waals surface area contributed by atoms with Gasteiger partial charge < -0.3 is 29.0 Å². The average molecular weight is 383 g/mol. The lowest BCUT2D eigenvalue weighted by Crippen LogP contribution is -2.17. The van der Waals surface area contributed by atoms with Gasteiger partial charge in [-0.2, -0.15) is 0 Å². The maximum absolute atomic E-state index is 11.3. The van der Waals surface area contributed by atoms with E-state index in [1.165, 1.54) is 0 Å². The number of rotatable bonds is 17. The Hall–Kier alpha value is -1.67. The third kappa shape index (κ3) is 12.4. The summed E-state index contributed by atoms with van der Waals surface area (Å²) in [5, 5.41) is 3.06. The molecule has 0 aliphatic carbocycles. The summed E-state index contributed by atoms with van der Waals surface area (Å²) < 4.78 is 27.0. The van der Waals surface area contributed by atoms with E-state index in [1.54, 1.807) is 0 Å². The van der Waals surface area contributed by atoms with Gasteiger partial charge in [-0.05, 0) is 24.3 Å². The van der Waals surface area contributed by atoms with Crippen LogP contribution in [0.3, 0.4) is 0 Å². The van der Waals surface area contributed by atoms with Gasteiger partial charge in [0, 0.05) is 18.7 Å². The Morgan fingerprint density at radius 3 is 1.78 bits per heavy atom. The molecule has 0 atom stereocenters. The molecule has 0 aromatic heterocycles. The van der Waals surface area contributed by atoms with Crippen molar-refractivity contribution in [2.24, 2.45) is 5.92 Å². The van der Waals surface area contributed by atoms with E-state index in [1.807, 2.05) is 45.2 Å². The molecule has 0 amide bonds. The van der Waals surface area contributed by atoms with E-state index in [2.05, 4.69) is 5.32 Å². The van der Waals surface area contributed by atoms with E-state index in [4.69, 9.17) is 23.7 Å². The first-order valence-corrected chi connectivity index (χ1v) is 9.37. The molecule has 1 aromatic carbocycles. The zero-order valence-electron chi connectivity index (χ0n) is 16.7. The monoisotopic (exact) mass is 383 g/mol. The van der Waals surface area contributed by atoms with Crippen molar-refractivity contribution in [3.8, 4) is 5.75 Å². The fraction of sp³-hybridized carbons (Fsp3) is 0.650. The first-order valence-electron chi connectivity index (χ1n) is 9.37. The van der Waals surface area contributed by atoms with Crippen LogP contribution in [0.1, 0.15) is 13.8 Å². The molecule has 0 aliphatic rings. The number of hydrogen-bond donors (Lipinski definition) is 1. The summed E-state index contributed by atoms with van der Waals surface area (Å²) in [5.74, 6) is 0.942. The molecular weight excluding hydrogens is 350 g/mol. The minimum Gasteiger partial charge on any atom is -0.491 e. The maximum atomic E-state index is 11.3. The van der Waals surface area contributed by atoms with Crippen molar-refractivity contribution in [2.45, 2.75) is 13.8 Å². The van der Waals surface area contributed by atoms with Gasteiger partial charge in [-0.25, -0.2) is 0 Å². The van der Waals surface area contributed by atoms with E-state index in [0.29, 0.717) is 52.9 Å². The predicted octanol–water partition coefficient (Wildman–Crippen LogP) is 2.40. The van der Waals surface area contributed by atoms with E-state index in [0.717, 1.165) is 11.4 Å². The number of nitrogens with one attached hydrogen (secondary N) is 1. The summed E-state index contributed by atoms with van der Waals surface area (Å²) in [6.45, 7) is 7.79. The van der Waals surface area contributed by atoms with Crippen molar-refractivity contribution in [3.63, 3.8) is 0 Å². The smallest absolute Gasteiger partial charge is 0.160 e. The van der Waals surface area contributed by atoms with Gasteiger partial charge in [0.15, 0.2) is 5.78 Å². The van der Waals surface area contributed by atoms with E-state index in [-0.39, 0.29) is 18.3 Å². The van der Waals surface area contributed by atoms with Gasteiger partial charge >= 0.3 is 0 Å². The molecule has 0 unspecified atom stereocenters. The number of benzene rings is 1. The molecule has 7 nitrogen and oxygen atoms in total. The molecule has 0 spiro atoms. The van der Waals surface area contributed by atoms with Crippen LogP contribution < -0.4 is 10.1 Å². The quantitative estimate of drug-likeness (QED) is 0.414. The molecule has 0 fully saturated rings. The summed E-state index contributed by atoms with van der Waals surface area (Å²) in [4.78, 5) is 11.3. The van der Waals surface area contributed by atoms with Crippen LogP contribution in [-0.2, 0) is 23.7 Å². The van der Waals surface area contributed by atoms with Crippen LogP contribution in [0.15, 0.2) is 24.3 Å². The molecule has 154 valence electrons. The third-order valence-corrected chi connectivity index (χ3v) is 3.64. The van der Waals surface area contributed by atoms with Gasteiger partial charge in [0.2, 0.25) is 0 Å². The zero-order chi connectivity index (χ0) is 19.7. The number of ketones is 1. The van der Waals surface area contributed by atoms with Crippen LogP contribution in [0.5, 0.6) is 5.75 Å². The highest BCUT2D eigenvalue weighted by Gasteiger charge is 2.06. The molecule has 0 heterocycles. The minimum atomic E-state index is 0.0120. The van der Waals surface area contributed by atoms with E-state index >= 15 is 0 Å². The molecule has 0 saturated heterocycles. The first-order chi connectivity index (χ1) is 13.1. The topological polar surface area (TPSA) is 75.2 Å². The lowest BCUT2D eigenvalue weighted by Gasteiger charge is -2.09. The van der Waals surface area contributed by atoms with Crippen molar-refractivity contribution in [1.82, 2.24) is 0 Å². The minimum absolute atomic E-state index is 0.0120. The number of Topliss-reactive ketones (excluding diaryl/α,β-unsaturated/α-hetero) is 1. The SMILES string of the molecule is CNc1ccc(OCCOCCOCCOCCOCC(=O)C(C)C)cc1. The Morgan fingerprint density at radius 2 is 1.30 bits per heavy atom. The Balaban J connectivity index is 1.80. The number of carbonyl (C=O) groups is 1. The third-order valence-electron chi connectivity index (χ3n) is 3.64. The normalized spacial score (nSPS) is 11.0. The highest BCUT2D eigenvalue weighted by atomic mass is 16.6. The van der Waals surface area contributed by atoms with Gasteiger partial charge in [0.25, 0.3) is 0 Å². The fourth-order valence-electron chi connectivity index (χ4n) is 1.94. The van der Waals surface area contributed by atoms with Gasteiger partial charge in [0.05, 0.1) is 46.2 Å².